The smallest absolute Gasteiger partial charge is 0.110 e. The minimum Gasteiger partial charge on any atom is -0.385 e. The van der Waals surface area contributed by atoms with E-state index < -0.39 is 12.2 Å². The van der Waals surface area contributed by atoms with Gasteiger partial charge in [0.25, 0.3) is 0 Å². The van der Waals surface area contributed by atoms with Gasteiger partial charge in [-0.15, -0.1) is 0 Å². The third kappa shape index (κ3) is 4.36. The van der Waals surface area contributed by atoms with Crippen LogP contribution in [0.3, 0.4) is 0 Å². The predicted molar refractivity (Wildman–Crippen MR) is 134 cm³/mol. The number of aliphatic hydroxyl groups excluding tert-OH is 2. The molecule has 0 bridgehead atoms. The number of hydrogen-bond donors (Lipinski definition) is 2. The Labute approximate surface area is 199 Å². The topological polar surface area (TPSA) is 40.5 Å². The quantitative estimate of drug-likeness (QED) is 0.382. The Bertz CT molecular complexity index is 1440. The first-order chi connectivity index (χ1) is 16.7. The second-order valence-corrected chi connectivity index (χ2v) is 7.91. The molecule has 0 saturated carbocycles. The van der Waals surface area contributed by atoms with Gasteiger partial charge in [-0.05, 0) is 47.5 Å². The maximum absolute atomic E-state index is 11.2. The largest absolute Gasteiger partial charge is 0.385 e. The van der Waals surface area contributed by atoms with Crippen molar-refractivity contribution in [1.82, 2.24) is 0 Å². The van der Waals surface area contributed by atoms with Gasteiger partial charge in [0, 0.05) is 33.4 Å². The Morgan fingerprint density at radius 3 is 0.912 bits per heavy atom. The predicted octanol–water partition coefficient (Wildman–Crippen LogP) is 4.97. The number of benzene rings is 4. The maximum atomic E-state index is 11.2. The zero-order chi connectivity index (χ0) is 23.3. The second-order valence-electron chi connectivity index (χ2n) is 7.91. The van der Waals surface area contributed by atoms with Gasteiger partial charge in [-0.1, -0.05) is 96.2 Å². The van der Waals surface area contributed by atoms with E-state index in [1.807, 2.05) is 84.9 Å². The zero-order valence-corrected chi connectivity index (χ0v) is 18.3. The summed E-state index contributed by atoms with van der Waals surface area (Å²) in [6.45, 7) is 0. The molecular formula is C32H20O2. The highest BCUT2D eigenvalue weighted by atomic mass is 16.3. The fraction of sp³-hybridized carbons (Fsp3) is 0.0625. The van der Waals surface area contributed by atoms with E-state index in [9.17, 15) is 10.2 Å². The molecule has 0 amide bonds. The van der Waals surface area contributed by atoms with E-state index in [0.29, 0.717) is 22.3 Å². The molecule has 2 atom stereocenters. The van der Waals surface area contributed by atoms with Gasteiger partial charge in [0.2, 0.25) is 0 Å². The molecule has 0 spiro atoms. The van der Waals surface area contributed by atoms with Crippen molar-refractivity contribution in [1.29, 1.82) is 0 Å². The van der Waals surface area contributed by atoms with Gasteiger partial charge in [-0.25, -0.2) is 0 Å². The standard InChI is InChI=1S/C32H20O2/c33-31-29-15-7-5-13-27(29)21-19-25-11-3-1-9-23(25)17-18-24-10-2-4-12-26(24)20-22-28-14-6-8-16-30(28)32(31)34/h1-16,31-34H/t31-,32+. The molecule has 0 heterocycles. The van der Waals surface area contributed by atoms with E-state index in [0.717, 1.165) is 22.3 Å². The summed E-state index contributed by atoms with van der Waals surface area (Å²) < 4.78 is 0. The molecule has 0 saturated heterocycles. The fourth-order valence-electron chi connectivity index (χ4n) is 3.88. The molecule has 1 aliphatic carbocycles. The zero-order valence-electron chi connectivity index (χ0n) is 18.3. The van der Waals surface area contributed by atoms with Crippen LogP contribution in [0.2, 0.25) is 0 Å². The van der Waals surface area contributed by atoms with Crippen molar-refractivity contribution in [3.8, 4) is 35.5 Å². The lowest BCUT2D eigenvalue weighted by Gasteiger charge is -2.21. The lowest BCUT2D eigenvalue weighted by molar-refractivity contribution is 0.0169. The molecule has 2 heteroatoms. The van der Waals surface area contributed by atoms with Gasteiger partial charge in [0.05, 0.1) is 0 Å². The highest BCUT2D eigenvalue weighted by Gasteiger charge is 2.24. The minimum atomic E-state index is -1.16. The molecule has 1 aliphatic rings. The number of aliphatic hydroxyl groups is 2. The molecular weight excluding hydrogens is 416 g/mol. The van der Waals surface area contributed by atoms with Crippen molar-refractivity contribution < 1.29 is 10.2 Å². The fourth-order valence-corrected chi connectivity index (χ4v) is 3.88. The third-order valence-corrected chi connectivity index (χ3v) is 5.71. The Hall–Kier alpha value is -4.52. The maximum Gasteiger partial charge on any atom is 0.110 e. The van der Waals surface area contributed by atoms with Crippen LogP contribution in [0.4, 0.5) is 0 Å². The van der Waals surface area contributed by atoms with Crippen LogP contribution in [-0.4, -0.2) is 10.2 Å². The molecule has 2 nitrogen and oxygen atoms in total. The second kappa shape index (κ2) is 9.54. The van der Waals surface area contributed by atoms with Gasteiger partial charge in [-0.3, -0.25) is 0 Å². The van der Waals surface area contributed by atoms with Crippen LogP contribution in [0.1, 0.15) is 56.7 Å². The third-order valence-electron chi connectivity index (χ3n) is 5.71. The summed E-state index contributed by atoms with van der Waals surface area (Å²) in [6, 6.07) is 30.1. The highest BCUT2D eigenvalue weighted by molar-refractivity contribution is 5.59. The van der Waals surface area contributed by atoms with E-state index in [-0.39, 0.29) is 0 Å². The van der Waals surface area contributed by atoms with Crippen LogP contribution in [0.15, 0.2) is 97.1 Å². The van der Waals surface area contributed by atoms with Gasteiger partial charge in [0.15, 0.2) is 0 Å². The van der Waals surface area contributed by atoms with Crippen molar-refractivity contribution in [3.05, 3.63) is 142 Å². The van der Waals surface area contributed by atoms with Crippen LogP contribution < -0.4 is 0 Å². The van der Waals surface area contributed by atoms with E-state index in [2.05, 4.69) is 35.5 Å². The monoisotopic (exact) mass is 436 g/mol. The Balaban J connectivity index is 1.77. The van der Waals surface area contributed by atoms with E-state index >= 15 is 0 Å². The Morgan fingerprint density at radius 1 is 0.353 bits per heavy atom. The van der Waals surface area contributed by atoms with Crippen molar-refractivity contribution >= 4 is 0 Å². The number of fused-ring (bicyclic) bond motifs is 4. The molecule has 4 aromatic carbocycles. The average Bonchev–Trinajstić information content (AvgIpc) is 2.89. The first kappa shape index (κ1) is 21.3. The Morgan fingerprint density at radius 2 is 0.588 bits per heavy atom. The van der Waals surface area contributed by atoms with Crippen molar-refractivity contribution in [2.45, 2.75) is 12.2 Å². The van der Waals surface area contributed by atoms with Crippen LogP contribution in [-0.2, 0) is 0 Å². The average molecular weight is 437 g/mol. The Kier molecular flexibility index (Phi) is 5.99. The normalized spacial score (nSPS) is 15.9. The molecule has 5 rings (SSSR count). The molecule has 0 radical (unpaired) electrons. The van der Waals surface area contributed by atoms with Gasteiger partial charge in [0.1, 0.15) is 12.2 Å². The van der Waals surface area contributed by atoms with E-state index in [4.69, 9.17) is 0 Å². The van der Waals surface area contributed by atoms with Gasteiger partial charge >= 0.3 is 0 Å². The summed E-state index contributed by atoms with van der Waals surface area (Å²) in [6.07, 6.45) is -2.33. The van der Waals surface area contributed by atoms with Gasteiger partial charge < -0.3 is 10.2 Å². The molecule has 0 aromatic heterocycles. The highest BCUT2D eigenvalue weighted by Crippen LogP contribution is 2.32. The summed E-state index contributed by atoms with van der Waals surface area (Å²) in [5.74, 6) is 19.3. The SMILES string of the molecule is O[C@@H]1c2ccccc2C#Cc2ccccc2C#Cc2ccccc2C#Cc2ccccc2[C@@H]1O. The lowest BCUT2D eigenvalue weighted by atomic mass is 9.92. The van der Waals surface area contributed by atoms with Crippen LogP contribution in [0.25, 0.3) is 0 Å². The summed E-state index contributed by atoms with van der Waals surface area (Å²) in [5, 5.41) is 22.3. The molecule has 34 heavy (non-hydrogen) atoms. The lowest BCUT2D eigenvalue weighted by Crippen LogP contribution is -2.13. The van der Waals surface area contributed by atoms with E-state index in [1.54, 1.807) is 12.1 Å². The summed E-state index contributed by atoms with van der Waals surface area (Å²) in [4.78, 5) is 0. The number of hydrogen-bond acceptors (Lipinski definition) is 2. The van der Waals surface area contributed by atoms with Crippen LogP contribution in [0.5, 0.6) is 0 Å². The molecule has 0 aliphatic heterocycles. The number of rotatable bonds is 0. The molecule has 0 fully saturated rings. The first-order valence-electron chi connectivity index (χ1n) is 11.0. The molecule has 160 valence electrons. The van der Waals surface area contributed by atoms with Crippen LogP contribution in [0, 0.1) is 35.5 Å². The van der Waals surface area contributed by atoms with Crippen LogP contribution >= 0.6 is 0 Å². The first-order valence-corrected chi connectivity index (χ1v) is 11.0. The minimum absolute atomic E-state index is 0.561. The molecule has 0 unspecified atom stereocenters. The summed E-state index contributed by atoms with van der Waals surface area (Å²) in [5.41, 5.74) is 5.64. The van der Waals surface area contributed by atoms with Gasteiger partial charge in [-0.2, -0.15) is 0 Å². The summed E-state index contributed by atoms with van der Waals surface area (Å²) in [7, 11) is 0. The molecule has 4 aromatic rings. The van der Waals surface area contributed by atoms with Crippen molar-refractivity contribution in [2.75, 3.05) is 0 Å². The van der Waals surface area contributed by atoms with Crippen molar-refractivity contribution in [3.63, 3.8) is 0 Å². The van der Waals surface area contributed by atoms with E-state index in [1.165, 1.54) is 0 Å². The van der Waals surface area contributed by atoms with Crippen molar-refractivity contribution in [2.24, 2.45) is 0 Å². The molecule has 2 N–H and O–H groups in total. The summed E-state index contributed by atoms with van der Waals surface area (Å²) >= 11 is 0.